The van der Waals surface area contributed by atoms with Crippen molar-refractivity contribution in [3.8, 4) is 0 Å². The Hall–Kier alpha value is -1.25. The number of nitrogens with zero attached hydrogens (tertiary/aromatic N) is 2. The lowest BCUT2D eigenvalue weighted by Crippen LogP contribution is -2.23. The molecule has 0 bridgehead atoms. The highest BCUT2D eigenvalue weighted by molar-refractivity contribution is 5.28. The number of nitrogens with one attached hydrogen (secondary N) is 1. The molecule has 1 aliphatic carbocycles. The van der Waals surface area contributed by atoms with E-state index in [9.17, 15) is 0 Å². The van der Waals surface area contributed by atoms with Crippen LogP contribution in [0, 0.1) is 5.92 Å². The fourth-order valence-corrected chi connectivity index (χ4v) is 2.91. The average molecular weight is 233 g/mol. The Bertz CT molecular complexity index is 356. The van der Waals surface area contributed by atoms with E-state index in [1.165, 1.54) is 32.1 Å². The summed E-state index contributed by atoms with van der Waals surface area (Å²) in [6.07, 6.45) is 12.5. The zero-order chi connectivity index (χ0) is 12.1. The van der Waals surface area contributed by atoms with Crippen molar-refractivity contribution in [3.05, 3.63) is 25.0 Å². The number of imidazole rings is 1. The lowest BCUT2D eigenvalue weighted by atomic mass is 9.83. The predicted octanol–water partition coefficient (Wildman–Crippen LogP) is 3.62. The van der Waals surface area contributed by atoms with Gasteiger partial charge in [0.2, 0.25) is 5.95 Å². The smallest absolute Gasteiger partial charge is 0.203 e. The SMILES string of the molecule is C=CCNc1nccn1C1CCCCC1CC. The quantitative estimate of drug-likeness (QED) is 0.787. The molecule has 0 spiro atoms. The van der Waals surface area contributed by atoms with Crippen molar-refractivity contribution in [1.29, 1.82) is 0 Å². The minimum Gasteiger partial charge on any atom is -0.352 e. The summed E-state index contributed by atoms with van der Waals surface area (Å²) in [7, 11) is 0. The fraction of sp³-hybridized carbons (Fsp3) is 0.643. The summed E-state index contributed by atoms with van der Waals surface area (Å²) in [5.41, 5.74) is 0. The maximum Gasteiger partial charge on any atom is 0.203 e. The van der Waals surface area contributed by atoms with Gasteiger partial charge in [-0.3, -0.25) is 0 Å². The van der Waals surface area contributed by atoms with Gasteiger partial charge in [-0.2, -0.15) is 0 Å². The molecule has 1 aliphatic rings. The van der Waals surface area contributed by atoms with Gasteiger partial charge in [0.15, 0.2) is 0 Å². The first kappa shape index (κ1) is 12.2. The largest absolute Gasteiger partial charge is 0.352 e. The van der Waals surface area contributed by atoms with Gasteiger partial charge in [0.1, 0.15) is 0 Å². The molecular weight excluding hydrogens is 210 g/mol. The minimum atomic E-state index is 0.628. The van der Waals surface area contributed by atoms with Gasteiger partial charge >= 0.3 is 0 Å². The van der Waals surface area contributed by atoms with Crippen molar-refractivity contribution in [2.24, 2.45) is 5.92 Å². The summed E-state index contributed by atoms with van der Waals surface area (Å²) in [5.74, 6) is 1.80. The number of hydrogen-bond donors (Lipinski definition) is 1. The standard InChI is InChI=1S/C14H23N3/c1-3-9-15-14-16-10-11-17(14)13-8-6-5-7-12(13)4-2/h3,10-13H,1,4-9H2,2H3,(H,15,16). The highest BCUT2D eigenvalue weighted by Crippen LogP contribution is 2.37. The number of anilines is 1. The summed E-state index contributed by atoms with van der Waals surface area (Å²) in [4.78, 5) is 4.40. The second kappa shape index (κ2) is 5.89. The topological polar surface area (TPSA) is 29.9 Å². The molecule has 2 rings (SSSR count). The molecule has 0 radical (unpaired) electrons. The molecule has 17 heavy (non-hydrogen) atoms. The van der Waals surface area contributed by atoms with Crippen molar-refractivity contribution in [2.45, 2.75) is 45.1 Å². The molecule has 0 aliphatic heterocycles. The van der Waals surface area contributed by atoms with Gasteiger partial charge in [-0.1, -0.05) is 32.3 Å². The third-order valence-electron chi connectivity index (χ3n) is 3.82. The number of hydrogen-bond acceptors (Lipinski definition) is 2. The van der Waals surface area contributed by atoms with Crippen LogP contribution in [-0.2, 0) is 0 Å². The molecule has 3 heteroatoms. The van der Waals surface area contributed by atoms with E-state index in [1.54, 1.807) is 0 Å². The van der Waals surface area contributed by atoms with E-state index < -0.39 is 0 Å². The molecule has 1 saturated carbocycles. The summed E-state index contributed by atoms with van der Waals surface area (Å²) in [5, 5.41) is 3.32. The minimum absolute atomic E-state index is 0.628. The van der Waals surface area contributed by atoms with Crippen LogP contribution in [0.15, 0.2) is 25.0 Å². The van der Waals surface area contributed by atoms with Crippen LogP contribution in [0.3, 0.4) is 0 Å². The normalized spacial score (nSPS) is 24.5. The van der Waals surface area contributed by atoms with Gasteiger partial charge in [0.25, 0.3) is 0 Å². The molecular formula is C14H23N3. The Morgan fingerprint density at radius 1 is 1.53 bits per heavy atom. The predicted molar refractivity (Wildman–Crippen MR) is 72.2 cm³/mol. The molecule has 2 unspecified atom stereocenters. The van der Waals surface area contributed by atoms with Gasteiger partial charge in [0.05, 0.1) is 0 Å². The highest BCUT2D eigenvalue weighted by atomic mass is 15.2. The molecule has 1 aromatic heterocycles. The van der Waals surface area contributed by atoms with E-state index in [-0.39, 0.29) is 0 Å². The van der Waals surface area contributed by atoms with E-state index >= 15 is 0 Å². The van der Waals surface area contributed by atoms with Gasteiger partial charge in [0, 0.05) is 25.0 Å². The van der Waals surface area contributed by atoms with Crippen LogP contribution in [0.4, 0.5) is 5.95 Å². The number of aromatic nitrogens is 2. The average Bonchev–Trinajstić information content (AvgIpc) is 2.84. The van der Waals surface area contributed by atoms with Crippen LogP contribution in [0.25, 0.3) is 0 Å². The van der Waals surface area contributed by atoms with Crippen molar-refractivity contribution in [3.63, 3.8) is 0 Å². The lowest BCUT2D eigenvalue weighted by molar-refractivity contribution is 0.234. The maximum absolute atomic E-state index is 4.40. The molecule has 1 fully saturated rings. The van der Waals surface area contributed by atoms with Crippen LogP contribution in [0.1, 0.15) is 45.1 Å². The Labute approximate surface area is 104 Å². The Morgan fingerprint density at radius 2 is 2.35 bits per heavy atom. The summed E-state index contributed by atoms with van der Waals surface area (Å²) in [6.45, 7) is 6.81. The Morgan fingerprint density at radius 3 is 3.12 bits per heavy atom. The molecule has 1 heterocycles. The van der Waals surface area contributed by atoms with Gasteiger partial charge in [-0.25, -0.2) is 4.98 Å². The van der Waals surface area contributed by atoms with E-state index in [0.29, 0.717) is 6.04 Å². The van der Waals surface area contributed by atoms with Gasteiger partial charge in [-0.15, -0.1) is 6.58 Å². The highest BCUT2D eigenvalue weighted by Gasteiger charge is 2.26. The fourth-order valence-electron chi connectivity index (χ4n) is 2.91. The molecule has 0 aromatic carbocycles. The number of rotatable bonds is 5. The zero-order valence-corrected chi connectivity index (χ0v) is 10.7. The Kier molecular flexibility index (Phi) is 4.24. The van der Waals surface area contributed by atoms with Crippen molar-refractivity contribution >= 4 is 5.95 Å². The van der Waals surface area contributed by atoms with Gasteiger partial charge < -0.3 is 9.88 Å². The van der Waals surface area contributed by atoms with E-state index in [4.69, 9.17) is 0 Å². The third-order valence-corrected chi connectivity index (χ3v) is 3.82. The first-order chi connectivity index (χ1) is 8.36. The molecule has 0 saturated heterocycles. The van der Waals surface area contributed by atoms with E-state index in [1.807, 2.05) is 12.3 Å². The second-order valence-corrected chi connectivity index (χ2v) is 4.85. The van der Waals surface area contributed by atoms with Crippen molar-refractivity contribution in [1.82, 2.24) is 9.55 Å². The van der Waals surface area contributed by atoms with Crippen LogP contribution in [0.2, 0.25) is 0 Å². The first-order valence-corrected chi connectivity index (χ1v) is 6.74. The zero-order valence-electron chi connectivity index (χ0n) is 10.7. The van der Waals surface area contributed by atoms with Crippen LogP contribution in [0.5, 0.6) is 0 Å². The molecule has 2 atom stereocenters. The molecule has 3 nitrogen and oxygen atoms in total. The van der Waals surface area contributed by atoms with Crippen LogP contribution in [-0.4, -0.2) is 16.1 Å². The van der Waals surface area contributed by atoms with Gasteiger partial charge in [-0.05, 0) is 18.8 Å². The van der Waals surface area contributed by atoms with E-state index in [2.05, 4.69) is 34.6 Å². The molecule has 1 aromatic rings. The lowest BCUT2D eigenvalue weighted by Gasteiger charge is -2.32. The summed E-state index contributed by atoms with van der Waals surface area (Å²) < 4.78 is 2.33. The molecule has 0 amide bonds. The second-order valence-electron chi connectivity index (χ2n) is 4.85. The van der Waals surface area contributed by atoms with Crippen LogP contribution < -0.4 is 5.32 Å². The van der Waals surface area contributed by atoms with Crippen LogP contribution >= 0.6 is 0 Å². The Balaban J connectivity index is 2.13. The monoisotopic (exact) mass is 233 g/mol. The summed E-state index contributed by atoms with van der Waals surface area (Å²) in [6, 6.07) is 0.628. The van der Waals surface area contributed by atoms with Crippen molar-refractivity contribution in [2.75, 3.05) is 11.9 Å². The third kappa shape index (κ3) is 2.71. The molecule has 1 N–H and O–H groups in total. The summed E-state index contributed by atoms with van der Waals surface area (Å²) >= 11 is 0. The van der Waals surface area contributed by atoms with Crippen molar-refractivity contribution < 1.29 is 0 Å². The van der Waals surface area contributed by atoms with E-state index in [0.717, 1.165) is 18.4 Å². The molecule has 94 valence electrons. The first-order valence-electron chi connectivity index (χ1n) is 6.74. The maximum atomic E-state index is 4.40.